The number of fused-ring (bicyclic) bond motifs is 4. The van der Waals surface area contributed by atoms with Gasteiger partial charge < -0.3 is 0 Å². The minimum atomic E-state index is -0.529. The molecular formula is C36H29Cl3N10O2. The maximum Gasteiger partial charge on any atom is 0.225 e. The summed E-state index contributed by atoms with van der Waals surface area (Å²) in [6, 6.07) is 10.8. The fraction of sp³-hybridized carbons (Fsp3) is 0.278. The molecule has 0 fully saturated rings. The number of halogens is 3. The Morgan fingerprint density at radius 3 is 1.94 bits per heavy atom. The molecule has 0 amide bonds. The van der Waals surface area contributed by atoms with Gasteiger partial charge >= 0.3 is 0 Å². The molecule has 6 aromatic rings. The van der Waals surface area contributed by atoms with Gasteiger partial charge in [0, 0.05) is 44.7 Å². The van der Waals surface area contributed by atoms with Crippen LogP contribution in [0, 0.1) is 13.1 Å². The van der Waals surface area contributed by atoms with E-state index >= 15 is 0 Å². The SMILES string of the molecule is CCCn1cc2c(Cl)nc(Cl)nc2n1.[C-]#[N+]c1ccc2c(c1)C(c1nc(Cl)nc3nn(CCC)cc13)C(=O)C2.[C-]#[N+]c1ccc2c(c1)CC(=O)C2. The third kappa shape index (κ3) is 7.74. The van der Waals surface area contributed by atoms with Crippen LogP contribution >= 0.6 is 34.8 Å². The largest absolute Gasteiger partial charge is 0.299 e. The monoisotopic (exact) mass is 738 g/mol. The van der Waals surface area contributed by atoms with Gasteiger partial charge in [-0.05, 0) is 58.3 Å². The summed E-state index contributed by atoms with van der Waals surface area (Å²) in [5.41, 5.74) is 6.64. The van der Waals surface area contributed by atoms with E-state index in [4.69, 9.17) is 47.9 Å². The van der Waals surface area contributed by atoms with Crippen LogP contribution in [-0.2, 0) is 41.9 Å². The van der Waals surface area contributed by atoms with Gasteiger partial charge in [0.15, 0.2) is 28.5 Å². The molecule has 1 atom stereocenters. The van der Waals surface area contributed by atoms with Crippen LogP contribution in [0.3, 0.4) is 0 Å². The maximum absolute atomic E-state index is 12.7. The molecule has 4 aromatic heterocycles. The number of carbonyl (C=O) groups excluding carboxylic acids is 2. The molecular weight excluding hydrogens is 711 g/mol. The average Bonchev–Trinajstić information content (AvgIpc) is 3.87. The molecule has 0 radical (unpaired) electrons. The van der Waals surface area contributed by atoms with Gasteiger partial charge in [-0.2, -0.15) is 20.2 Å². The second-order valence-electron chi connectivity index (χ2n) is 11.9. The first-order chi connectivity index (χ1) is 24.6. The topological polar surface area (TPSA) is 130 Å². The summed E-state index contributed by atoms with van der Waals surface area (Å²) in [4.78, 5) is 46.9. The summed E-state index contributed by atoms with van der Waals surface area (Å²) >= 11 is 17.6. The van der Waals surface area contributed by atoms with Crippen molar-refractivity contribution >= 4 is 79.8 Å². The van der Waals surface area contributed by atoms with Crippen LogP contribution in [0.2, 0.25) is 15.7 Å². The molecule has 0 saturated carbocycles. The van der Waals surface area contributed by atoms with E-state index in [-0.39, 0.29) is 22.1 Å². The zero-order chi connectivity index (χ0) is 36.2. The van der Waals surface area contributed by atoms with E-state index in [0.717, 1.165) is 59.0 Å². The van der Waals surface area contributed by atoms with Gasteiger partial charge in [0.05, 0.1) is 35.5 Å². The number of aromatic nitrogens is 8. The highest BCUT2D eigenvalue weighted by molar-refractivity contribution is 6.35. The summed E-state index contributed by atoms with van der Waals surface area (Å²) in [6.07, 6.45) is 7.04. The summed E-state index contributed by atoms with van der Waals surface area (Å²) in [6.45, 7) is 19.8. The van der Waals surface area contributed by atoms with Gasteiger partial charge in [-0.1, -0.05) is 61.8 Å². The smallest absolute Gasteiger partial charge is 0.225 e. The molecule has 51 heavy (non-hydrogen) atoms. The molecule has 0 bridgehead atoms. The highest BCUT2D eigenvalue weighted by atomic mass is 35.5. The van der Waals surface area contributed by atoms with Gasteiger partial charge in [-0.15, -0.1) is 0 Å². The Hall–Kier alpha value is -5.27. The lowest BCUT2D eigenvalue weighted by Crippen LogP contribution is -2.11. The van der Waals surface area contributed by atoms with Crippen molar-refractivity contribution in [3.8, 4) is 0 Å². The zero-order valence-electron chi connectivity index (χ0n) is 27.6. The molecule has 1 unspecified atom stereocenters. The average molecular weight is 740 g/mol. The molecule has 0 spiro atoms. The molecule has 8 rings (SSSR count). The predicted octanol–water partition coefficient (Wildman–Crippen LogP) is 8.15. The maximum atomic E-state index is 12.7. The van der Waals surface area contributed by atoms with E-state index in [2.05, 4.69) is 53.7 Å². The van der Waals surface area contributed by atoms with Gasteiger partial charge in [0.2, 0.25) is 10.6 Å². The van der Waals surface area contributed by atoms with Crippen LogP contribution in [0.25, 0.3) is 31.8 Å². The molecule has 2 aromatic carbocycles. The van der Waals surface area contributed by atoms with E-state index in [1.54, 1.807) is 27.6 Å². The van der Waals surface area contributed by atoms with Crippen molar-refractivity contribution in [3.63, 3.8) is 0 Å². The Morgan fingerprint density at radius 1 is 0.725 bits per heavy atom. The predicted molar refractivity (Wildman–Crippen MR) is 195 cm³/mol. The number of Topliss-reactive ketones (excluding diaryl/α,β-unsaturated/α-hetero) is 2. The van der Waals surface area contributed by atoms with E-state index in [9.17, 15) is 9.59 Å². The Kier molecular flexibility index (Phi) is 10.7. The molecule has 256 valence electrons. The van der Waals surface area contributed by atoms with Crippen LogP contribution < -0.4 is 0 Å². The fourth-order valence-electron chi connectivity index (χ4n) is 6.10. The molecule has 0 saturated heterocycles. The second-order valence-corrected chi connectivity index (χ2v) is 13.0. The van der Waals surface area contributed by atoms with Crippen molar-refractivity contribution in [2.75, 3.05) is 0 Å². The van der Waals surface area contributed by atoms with Crippen LogP contribution in [0.1, 0.15) is 60.6 Å². The standard InChI is InChI=1S/C18H14ClN5O.C10H7NO.C8H8Cl2N4/c1-3-6-24-9-13-16(21-18(19)22-17(13)23-24)15-12-8-11(20-2)5-4-10(12)7-14(15)25;1-11-9-3-2-7-5-10(12)6-8(7)4-9;1-2-3-14-4-5-6(9)11-8(10)12-7(5)13-14/h4-5,8-9,15H,3,6-7H2,1H3;2-4H,5-6H2;4H,2-3H2,1H3. The number of aryl methyl sites for hydroxylation is 2. The minimum absolute atomic E-state index is 0.0523. The lowest BCUT2D eigenvalue weighted by molar-refractivity contribution is -0.118. The van der Waals surface area contributed by atoms with Crippen LogP contribution in [0.4, 0.5) is 11.4 Å². The minimum Gasteiger partial charge on any atom is -0.299 e. The molecule has 0 N–H and O–H groups in total. The number of nitrogens with zero attached hydrogens (tertiary/aromatic N) is 10. The third-order valence-corrected chi connectivity index (χ3v) is 8.94. The van der Waals surface area contributed by atoms with Crippen LogP contribution in [0.15, 0.2) is 48.8 Å². The highest BCUT2D eigenvalue weighted by Gasteiger charge is 2.35. The van der Waals surface area contributed by atoms with Gasteiger partial charge in [0.1, 0.15) is 10.9 Å². The Labute approximate surface area is 308 Å². The molecule has 2 aliphatic carbocycles. The van der Waals surface area contributed by atoms with E-state index in [1.807, 2.05) is 30.6 Å². The van der Waals surface area contributed by atoms with Crippen LogP contribution in [0.5, 0.6) is 0 Å². The van der Waals surface area contributed by atoms with Crippen LogP contribution in [-0.4, -0.2) is 51.1 Å². The number of hydrogen-bond donors (Lipinski definition) is 0. The van der Waals surface area contributed by atoms with Gasteiger partial charge in [-0.25, -0.2) is 19.7 Å². The van der Waals surface area contributed by atoms with E-state index < -0.39 is 5.92 Å². The summed E-state index contributed by atoms with van der Waals surface area (Å²) < 4.78 is 3.59. The first-order valence-electron chi connectivity index (χ1n) is 16.1. The van der Waals surface area contributed by atoms with Crippen molar-refractivity contribution in [1.29, 1.82) is 0 Å². The van der Waals surface area contributed by atoms with Crippen molar-refractivity contribution in [1.82, 2.24) is 39.5 Å². The van der Waals surface area contributed by atoms with Gasteiger partial charge in [0.25, 0.3) is 0 Å². The van der Waals surface area contributed by atoms with Crippen molar-refractivity contribution in [3.05, 3.63) is 115 Å². The summed E-state index contributed by atoms with van der Waals surface area (Å²) in [7, 11) is 0. The molecule has 15 heteroatoms. The molecule has 0 aliphatic heterocycles. The Bertz CT molecular complexity index is 2410. The Morgan fingerprint density at radius 2 is 1.29 bits per heavy atom. The van der Waals surface area contributed by atoms with Crippen molar-refractivity contribution in [2.45, 2.75) is 65.0 Å². The zero-order valence-corrected chi connectivity index (χ0v) is 29.8. The molecule has 12 nitrogen and oxygen atoms in total. The lowest BCUT2D eigenvalue weighted by Gasteiger charge is -2.11. The molecule has 2 aliphatic rings. The number of hydrogen-bond acceptors (Lipinski definition) is 8. The lowest BCUT2D eigenvalue weighted by atomic mass is 9.95. The third-order valence-electron chi connectivity index (χ3n) is 8.31. The van der Waals surface area contributed by atoms with E-state index in [1.165, 1.54) is 0 Å². The number of benzene rings is 2. The quantitative estimate of drug-likeness (QED) is 0.0984. The van der Waals surface area contributed by atoms with Crippen molar-refractivity contribution in [2.24, 2.45) is 0 Å². The first kappa shape index (κ1) is 35.6. The summed E-state index contributed by atoms with van der Waals surface area (Å²) in [5.74, 6) is -0.220. The number of ketones is 2. The fourth-order valence-corrected chi connectivity index (χ4v) is 6.69. The number of rotatable bonds is 5. The summed E-state index contributed by atoms with van der Waals surface area (Å²) in [5, 5.41) is 10.7. The van der Waals surface area contributed by atoms with E-state index in [0.29, 0.717) is 52.8 Å². The van der Waals surface area contributed by atoms with Gasteiger partial charge in [-0.3, -0.25) is 19.0 Å². The second kappa shape index (κ2) is 15.3. The molecule has 4 heterocycles. The highest BCUT2D eigenvalue weighted by Crippen LogP contribution is 2.39. The van der Waals surface area contributed by atoms with Crippen molar-refractivity contribution < 1.29 is 9.59 Å². The Balaban J connectivity index is 0.000000145. The first-order valence-corrected chi connectivity index (χ1v) is 17.2. The normalized spacial score (nSPS) is 14.3. The number of carbonyl (C=O) groups is 2.